The van der Waals surface area contributed by atoms with Crippen LogP contribution in [-0.4, -0.2) is 60.6 Å². The molecule has 2 saturated heterocycles. The molecule has 1 atom stereocenters. The zero-order valence-corrected chi connectivity index (χ0v) is 20.8. The Labute approximate surface area is 212 Å². The molecule has 2 aromatic rings. The number of nitrogens with zero attached hydrogens (tertiary/aromatic N) is 2. The van der Waals surface area contributed by atoms with Crippen LogP contribution in [0.4, 0.5) is 0 Å². The molecule has 7 nitrogen and oxygen atoms in total. The fourth-order valence-corrected chi connectivity index (χ4v) is 6.37. The van der Waals surface area contributed by atoms with Crippen LogP contribution in [-0.2, 0) is 11.2 Å². The molecular formula is C29H35N3O4. The third-order valence-electron chi connectivity index (χ3n) is 8.47. The Morgan fingerprint density at radius 3 is 2.47 bits per heavy atom. The number of nitrogens with one attached hydrogen (secondary N) is 1. The summed E-state index contributed by atoms with van der Waals surface area (Å²) in [6, 6.07) is 14.6. The second kappa shape index (κ2) is 10.1. The van der Waals surface area contributed by atoms with Gasteiger partial charge in [0.25, 0.3) is 5.91 Å². The van der Waals surface area contributed by atoms with E-state index in [9.17, 15) is 9.59 Å². The lowest BCUT2D eigenvalue weighted by Gasteiger charge is -2.41. The number of piperidine rings is 2. The zero-order valence-electron chi connectivity index (χ0n) is 20.8. The maximum Gasteiger partial charge on any atom is 0.253 e. The Morgan fingerprint density at radius 2 is 1.64 bits per heavy atom. The van der Waals surface area contributed by atoms with Crippen LogP contribution < -0.4 is 14.8 Å². The van der Waals surface area contributed by atoms with Crippen molar-refractivity contribution in [3.8, 4) is 11.5 Å². The van der Waals surface area contributed by atoms with E-state index in [0.29, 0.717) is 23.1 Å². The van der Waals surface area contributed by atoms with Crippen molar-refractivity contribution >= 4 is 11.8 Å². The molecule has 0 saturated carbocycles. The van der Waals surface area contributed by atoms with Crippen LogP contribution in [0.25, 0.3) is 0 Å². The first-order valence-electron chi connectivity index (χ1n) is 13.5. The van der Waals surface area contributed by atoms with Crippen molar-refractivity contribution in [3.63, 3.8) is 0 Å². The van der Waals surface area contributed by atoms with E-state index in [0.717, 1.165) is 71.1 Å². The van der Waals surface area contributed by atoms with E-state index in [4.69, 9.17) is 9.47 Å². The minimum Gasteiger partial charge on any atom is -0.454 e. The first-order valence-corrected chi connectivity index (χ1v) is 13.5. The lowest BCUT2D eigenvalue weighted by Crippen LogP contribution is -2.50. The predicted octanol–water partition coefficient (Wildman–Crippen LogP) is 3.93. The minimum atomic E-state index is 0.0615. The van der Waals surface area contributed by atoms with Gasteiger partial charge in [0, 0.05) is 30.6 Å². The number of aryl methyl sites for hydroxylation is 1. The average Bonchev–Trinajstić information content (AvgIpc) is 3.41. The number of hydrogen-bond donors (Lipinski definition) is 1. The van der Waals surface area contributed by atoms with E-state index in [2.05, 4.69) is 34.5 Å². The van der Waals surface area contributed by atoms with Gasteiger partial charge in [-0.3, -0.25) is 9.59 Å². The van der Waals surface area contributed by atoms with Gasteiger partial charge in [0.1, 0.15) is 0 Å². The van der Waals surface area contributed by atoms with Gasteiger partial charge in [-0.2, -0.15) is 0 Å². The van der Waals surface area contributed by atoms with Gasteiger partial charge in [0.2, 0.25) is 12.7 Å². The van der Waals surface area contributed by atoms with E-state index in [-0.39, 0.29) is 30.6 Å². The van der Waals surface area contributed by atoms with E-state index >= 15 is 0 Å². The smallest absolute Gasteiger partial charge is 0.253 e. The highest BCUT2D eigenvalue weighted by atomic mass is 16.7. The molecule has 0 aromatic heterocycles. The van der Waals surface area contributed by atoms with E-state index in [1.165, 1.54) is 11.1 Å². The largest absolute Gasteiger partial charge is 0.454 e. The molecular weight excluding hydrogens is 454 g/mol. The third-order valence-corrected chi connectivity index (χ3v) is 8.47. The highest BCUT2D eigenvalue weighted by molar-refractivity contribution is 5.95. The van der Waals surface area contributed by atoms with Gasteiger partial charge in [-0.1, -0.05) is 24.3 Å². The topological polar surface area (TPSA) is 71.1 Å². The van der Waals surface area contributed by atoms with Crippen LogP contribution in [0, 0.1) is 5.92 Å². The third kappa shape index (κ3) is 4.69. The molecule has 1 N–H and O–H groups in total. The van der Waals surface area contributed by atoms with Gasteiger partial charge >= 0.3 is 0 Å². The molecule has 190 valence electrons. The molecule has 0 spiro atoms. The van der Waals surface area contributed by atoms with Gasteiger partial charge in [0.15, 0.2) is 11.5 Å². The number of rotatable bonds is 4. The first-order chi connectivity index (χ1) is 17.7. The standard InChI is InChI=1S/C29H35N3O4/c33-28(30-25-7-3-5-20-4-1-2-6-24(20)25)21-10-14-31(15-11-21)23-12-16-32(17-13-23)29(34)22-8-9-26-27(18-22)36-19-35-26/h1-2,4,6,8-9,18,21,23,25H,3,5,7,10-17,19H2,(H,30,33). The van der Waals surface area contributed by atoms with Crippen molar-refractivity contribution < 1.29 is 19.1 Å². The van der Waals surface area contributed by atoms with E-state index in [1.807, 2.05) is 17.0 Å². The average molecular weight is 490 g/mol. The van der Waals surface area contributed by atoms with Crippen LogP contribution >= 0.6 is 0 Å². The van der Waals surface area contributed by atoms with Crippen molar-refractivity contribution in [2.75, 3.05) is 33.0 Å². The van der Waals surface area contributed by atoms with Gasteiger partial charge in [0.05, 0.1) is 6.04 Å². The lowest BCUT2D eigenvalue weighted by atomic mass is 9.86. The number of fused-ring (bicyclic) bond motifs is 2. The highest BCUT2D eigenvalue weighted by Crippen LogP contribution is 2.34. The highest BCUT2D eigenvalue weighted by Gasteiger charge is 2.33. The number of likely N-dealkylation sites (tertiary alicyclic amines) is 2. The summed E-state index contributed by atoms with van der Waals surface area (Å²) in [4.78, 5) is 30.6. The summed E-state index contributed by atoms with van der Waals surface area (Å²) in [5.41, 5.74) is 3.34. The molecule has 1 aliphatic carbocycles. The predicted molar refractivity (Wildman–Crippen MR) is 136 cm³/mol. The Kier molecular flexibility index (Phi) is 6.57. The zero-order chi connectivity index (χ0) is 24.5. The molecule has 6 rings (SSSR count). The van der Waals surface area contributed by atoms with Crippen molar-refractivity contribution in [2.45, 2.75) is 57.0 Å². The second-order valence-electron chi connectivity index (χ2n) is 10.6. The monoisotopic (exact) mass is 489 g/mol. The Balaban J connectivity index is 0.976. The summed E-state index contributed by atoms with van der Waals surface area (Å²) in [5.74, 6) is 1.73. The first kappa shape index (κ1) is 23.3. The maximum absolute atomic E-state index is 13.1. The molecule has 2 aromatic carbocycles. The lowest BCUT2D eigenvalue weighted by molar-refractivity contribution is -0.127. The molecule has 4 aliphatic rings. The number of carbonyl (C=O) groups is 2. The number of benzene rings is 2. The molecule has 1 unspecified atom stereocenters. The van der Waals surface area contributed by atoms with Crippen LogP contribution in [0.15, 0.2) is 42.5 Å². The van der Waals surface area contributed by atoms with Gasteiger partial charge in [-0.15, -0.1) is 0 Å². The molecule has 2 fully saturated rings. The molecule has 7 heteroatoms. The minimum absolute atomic E-state index is 0.0615. The van der Waals surface area contributed by atoms with Crippen molar-refractivity contribution in [1.29, 1.82) is 0 Å². The number of hydrogen-bond acceptors (Lipinski definition) is 5. The van der Waals surface area contributed by atoms with Crippen LogP contribution in [0.2, 0.25) is 0 Å². The molecule has 36 heavy (non-hydrogen) atoms. The summed E-state index contributed by atoms with van der Waals surface area (Å²) in [6.07, 6.45) is 7.06. The summed E-state index contributed by atoms with van der Waals surface area (Å²) < 4.78 is 10.8. The van der Waals surface area contributed by atoms with Crippen molar-refractivity contribution in [2.24, 2.45) is 5.92 Å². The van der Waals surface area contributed by atoms with Crippen molar-refractivity contribution in [3.05, 3.63) is 59.2 Å². The summed E-state index contributed by atoms with van der Waals surface area (Å²) in [6.45, 7) is 3.66. The Morgan fingerprint density at radius 1 is 0.861 bits per heavy atom. The molecule has 3 aliphatic heterocycles. The van der Waals surface area contributed by atoms with Gasteiger partial charge in [-0.25, -0.2) is 0 Å². The van der Waals surface area contributed by atoms with E-state index < -0.39 is 0 Å². The SMILES string of the molecule is O=C(NC1CCCc2ccccc21)C1CCN(C2CCN(C(=O)c3ccc4c(c3)OCO4)CC2)CC1. The quantitative estimate of drug-likeness (QED) is 0.705. The number of ether oxygens (including phenoxy) is 2. The van der Waals surface area contributed by atoms with Crippen LogP contribution in [0.3, 0.4) is 0 Å². The molecule has 0 radical (unpaired) electrons. The molecule has 3 heterocycles. The normalized spacial score (nSPS) is 22.8. The maximum atomic E-state index is 13.1. The second-order valence-corrected chi connectivity index (χ2v) is 10.6. The fourth-order valence-electron chi connectivity index (χ4n) is 6.37. The van der Waals surface area contributed by atoms with Gasteiger partial charge in [-0.05, 0) is 87.4 Å². The van der Waals surface area contributed by atoms with Crippen LogP contribution in [0.5, 0.6) is 11.5 Å². The fraction of sp³-hybridized carbons (Fsp3) is 0.517. The Bertz CT molecular complexity index is 1120. The number of carbonyl (C=O) groups excluding carboxylic acids is 2. The molecule has 2 amide bonds. The van der Waals surface area contributed by atoms with Crippen molar-refractivity contribution in [1.82, 2.24) is 15.1 Å². The van der Waals surface area contributed by atoms with Gasteiger partial charge < -0.3 is 24.6 Å². The molecule has 0 bridgehead atoms. The van der Waals surface area contributed by atoms with Crippen LogP contribution in [0.1, 0.15) is 66.1 Å². The summed E-state index contributed by atoms with van der Waals surface area (Å²) >= 11 is 0. The Hall–Kier alpha value is -3.06. The van der Waals surface area contributed by atoms with E-state index in [1.54, 1.807) is 6.07 Å². The summed E-state index contributed by atoms with van der Waals surface area (Å²) in [7, 11) is 0. The summed E-state index contributed by atoms with van der Waals surface area (Å²) in [5, 5.41) is 3.37. The number of amides is 2.